The lowest BCUT2D eigenvalue weighted by Gasteiger charge is -2.04. The van der Waals surface area contributed by atoms with Crippen LogP contribution in [0.3, 0.4) is 0 Å². The second-order valence-corrected chi connectivity index (χ2v) is 4.86. The Balaban J connectivity index is 2.26. The van der Waals surface area contributed by atoms with Gasteiger partial charge in [0.15, 0.2) is 11.5 Å². The number of nitrogen functional groups attached to an aromatic ring is 1. The third kappa shape index (κ3) is 2.10. The molecule has 20 heavy (non-hydrogen) atoms. The van der Waals surface area contributed by atoms with E-state index in [1.54, 1.807) is 23.9 Å². The fourth-order valence-corrected chi connectivity index (χ4v) is 2.43. The van der Waals surface area contributed by atoms with Crippen molar-refractivity contribution in [3.8, 4) is 0 Å². The molecule has 102 valence electrons. The van der Waals surface area contributed by atoms with Crippen LogP contribution in [0.5, 0.6) is 0 Å². The number of nitrogens with one attached hydrogen (secondary N) is 1. The van der Waals surface area contributed by atoms with Gasteiger partial charge >= 0.3 is 0 Å². The number of H-pyrrole nitrogens is 1. The van der Waals surface area contributed by atoms with Gasteiger partial charge in [0.1, 0.15) is 22.6 Å². The van der Waals surface area contributed by atoms with Crippen LogP contribution >= 0.6 is 0 Å². The minimum atomic E-state index is 0.344. The van der Waals surface area contributed by atoms with Crippen LogP contribution in [-0.4, -0.2) is 28.7 Å². The van der Waals surface area contributed by atoms with Gasteiger partial charge < -0.3 is 10.7 Å². The Morgan fingerprint density at radius 1 is 1.35 bits per heavy atom. The molecule has 0 unspecified atom stereocenters. The van der Waals surface area contributed by atoms with Crippen molar-refractivity contribution in [3.63, 3.8) is 0 Å². The maximum absolute atomic E-state index is 11.3. The lowest BCUT2D eigenvalue weighted by atomic mass is 10.3. The van der Waals surface area contributed by atoms with Crippen molar-refractivity contribution in [1.29, 1.82) is 0 Å². The van der Waals surface area contributed by atoms with Crippen molar-refractivity contribution >= 4 is 28.2 Å². The maximum atomic E-state index is 11.3. The molecule has 0 aliphatic rings. The van der Waals surface area contributed by atoms with Gasteiger partial charge in [-0.05, 0) is 24.6 Å². The molecule has 8 heteroatoms. The van der Waals surface area contributed by atoms with E-state index in [1.165, 1.54) is 0 Å². The monoisotopic (exact) mass is 288 g/mol. The molecule has 3 aromatic heterocycles. The van der Waals surface area contributed by atoms with Gasteiger partial charge in [-0.2, -0.15) is 0 Å². The molecule has 3 heterocycles. The molecule has 3 aromatic rings. The van der Waals surface area contributed by atoms with Crippen LogP contribution in [0.4, 0.5) is 5.82 Å². The number of imidazole rings is 1. The summed E-state index contributed by atoms with van der Waals surface area (Å²) < 4.78 is 13.5. The minimum Gasteiger partial charge on any atom is -0.382 e. The van der Waals surface area contributed by atoms with Gasteiger partial charge in [-0.1, -0.05) is 0 Å². The number of aromatic amines is 1. The van der Waals surface area contributed by atoms with Crippen LogP contribution in [0, 0.1) is 11.7 Å². The molecule has 0 radical (unpaired) electrons. The summed E-state index contributed by atoms with van der Waals surface area (Å²) in [5.41, 5.74) is 8.11. The first-order valence-electron chi connectivity index (χ1n) is 5.93. The van der Waals surface area contributed by atoms with Crippen molar-refractivity contribution in [2.75, 3.05) is 5.73 Å². The predicted molar refractivity (Wildman–Crippen MR) is 75.8 cm³/mol. The average molecular weight is 288 g/mol. The fraction of sp³-hybridized carbons (Fsp3) is 0.167. The lowest BCUT2D eigenvalue weighted by Crippen LogP contribution is -2.04. The first-order chi connectivity index (χ1) is 9.69. The van der Waals surface area contributed by atoms with E-state index in [4.69, 9.17) is 5.73 Å². The number of fused-ring (bicyclic) bond motifs is 1. The van der Waals surface area contributed by atoms with Gasteiger partial charge in [-0.25, -0.2) is 14.2 Å². The topological polar surface area (TPSA) is 102 Å². The molecule has 0 fully saturated rings. The molecule has 3 N–H and O–H groups in total. The summed E-state index contributed by atoms with van der Waals surface area (Å²) in [7, 11) is 0. The third-order valence-corrected chi connectivity index (χ3v) is 3.41. The van der Waals surface area contributed by atoms with Gasteiger partial charge in [0.05, 0.1) is 6.54 Å². The number of nitrogens with two attached hydrogens (primary N) is 1. The van der Waals surface area contributed by atoms with Gasteiger partial charge in [0.2, 0.25) is 4.77 Å². The third-order valence-electron chi connectivity index (χ3n) is 2.93. The number of hydrogen-bond donors (Lipinski definition) is 2. The summed E-state index contributed by atoms with van der Waals surface area (Å²) in [5, 5.41) is 0. The van der Waals surface area contributed by atoms with Crippen molar-refractivity contribution < 1.29 is 4.21 Å². The Bertz CT molecular complexity index is 863. The first-order valence-corrected chi connectivity index (χ1v) is 6.67. The second kappa shape index (κ2) is 4.89. The van der Waals surface area contributed by atoms with Gasteiger partial charge in [0.25, 0.3) is 0 Å². The van der Waals surface area contributed by atoms with Crippen LogP contribution in [0.1, 0.15) is 11.4 Å². The maximum Gasteiger partial charge on any atom is 0.209 e. The molecule has 0 bridgehead atoms. The van der Waals surface area contributed by atoms with E-state index in [9.17, 15) is 4.21 Å². The molecule has 7 nitrogen and oxygen atoms in total. The predicted octanol–water partition coefficient (Wildman–Crippen LogP) is 0.838. The molecule has 0 amide bonds. The minimum absolute atomic E-state index is 0.344. The zero-order chi connectivity index (χ0) is 14.1. The Morgan fingerprint density at radius 2 is 2.10 bits per heavy atom. The summed E-state index contributed by atoms with van der Waals surface area (Å²) >= 11 is 0.373. The SMILES string of the molecule is Cc1nc(N)c2[nH]c(=S=O)n(Cc3ccncc3)c2n1. The normalized spacial score (nSPS) is 10.8. The Hall–Kier alpha value is -2.48. The molecule has 0 spiro atoms. The van der Waals surface area contributed by atoms with Crippen LogP contribution in [0.25, 0.3) is 11.2 Å². The Kier molecular flexibility index (Phi) is 3.07. The number of hydrogen-bond acceptors (Lipinski definition) is 5. The van der Waals surface area contributed by atoms with Crippen molar-refractivity contribution in [1.82, 2.24) is 24.5 Å². The highest BCUT2D eigenvalue weighted by Gasteiger charge is 2.11. The zero-order valence-corrected chi connectivity index (χ0v) is 11.5. The van der Waals surface area contributed by atoms with Crippen LogP contribution in [0.15, 0.2) is 24.5 Å². The van der Waals surface area contributed by atoms with E-state index in [0.29, 0.717) is 45.4 Å². The van der Waals surface area contributed by atoms with Gasteiger partial charge in [-0.3, -0.25) is 9.55 Å². The molecule has 0 aliphatic heterocycles. The lowest BCUT2D eigenvalue weighted by molar-refractivity contribution is 0.695. The smallest absolute Gasteiger partial charge is 0.209 e. The molecule has 0 aromatic carbocycles. The first kappa shape index (κ1) is 12.5. The van der Waals surface area contributed by atoms with Crippen molar-refractivity contribution in [2.45, 2.75) is 13.5 Å². The molecule has 3 rings (SSSR count). The molecule has 0 saturated heterocycles. The molecular weight excluding hydrogens is 276 g/mol. The highest BCUT2D eigenvalue weighted by Crippen LogP contribution is 2.17. The quantitative estimate of drug-likeness (QED) is 0.680. The molecular formula is C12H12N6OS. The van der Waals surface area contributed by atoms with E-state index in [2.05, 4.69) is 19.9 Å². The summed E-state index contributed by atoms with van der Waals surface area (Å²) in [5.74, 6) is 0.913. The number of rotatable bonds is 2. The molecule has 0 saturated carbocycles. The highest BCUT2D eigenvalue weighted by molar-refractivity contribution is 7.56. The van der Waals surface area contributed by atoms with Crippen LogP contribution < -0.4 is 5.73 Å². The number of nitrogens with zero attached hydrogens (tertiary/aromatic N) is 4. The number of aryl methyl sites for hydroxylation is 1. The standard InChI is InChI=1S/C12H12N6OS/c1-7-15-10(13)9-11(16-7)18(12(17-9)20-19)6-8-2-4-14-5-3-8/h2-5,17H,6H2,1H3,(H2,13,15,16). The summed E-state index contributed by atoms with van der Waals surface area (Å²) in [6.07, 6.45) is 3.42. The van der Waals surface area contributed by atoms with E-state index in [1.807, 2.05) is 12.1 Å². The van der Waals surface area contributed by atoms with Gasteiger partial charge in [-0.15, -0.1) is 0 Å². The summed E-state index contributed by atoms with van der Waals surface area (Å²) in [4.78, 5) is 15.4. The van der Waals surface area contributed by atoms with E-state index in [0.717, 1.165) is 5.56 Å². The number of aromatic nitrogens is 5. The zero-order valence-electron chi connectivity index (χ0n) is 10.7. The van der Waals surface area contributed by atoms with E-state index < -0.39 is 0 Å². The largest absolute Gasteiger partial charge is 0.382 e. The van der Waals surface area contributed by atoms with E-state index >= 15 is 0 Å². The van der Waals surface area contributed by atoms with Crippen molar-refractivity contribution in [2.24, 2.45) is 0 Å². The number of anilines is 1. The Morgan fingerprint density at radius 3 is 2.80 bits per heavy atom. The van der Waals surface area contributed by atoms with Crippen LogP contribution in [-0.2, 0) is 17.8 Å². The number of pyridine rings is 1. The van der Waals surface area contributed by atoms with E-state index in [-0.39, 0.29) is 0 Å². The fourth-order valence-electron chi connectivity index (χ4n) is 2.05. The second-order valence-electron chi connectivity index (χ2n) is 4.31. The van der Waals surface area contributed by atoms with Crippen LogP contribution in [0.2, 0.25) is 0 Å². The van der Waals surface area contributed by atoms with Crippen molar-refractivity contribution in [3.05, 3.63) is 40.7 Å². The molecule has 0 aliphatic carbocycles. The summed E-state index contributed by atoms with van der Waals surface area (Å²) in [6.45, 7) is 2.28. The average Bonchev–Trinajstić information content (AvgIpc) is 2.78. The van der Waals surface area contributed by atoms with Gasteiger partial charge in [0, 0.05) is 12.4 Å². The summed E-state index contributed by atoms with van der Waals surface area (Å²) in [6, 6.07) is 3.78. The highest BCUT2D eigenvalue weighted by atomic mass is 32.1. The Labute approximate surface area is 117 Å². The molecule has 0 atom stereocenters.